The highest BCUT2D eigenvalue weighted by atomic mass is 15.1. The van der Waals surface area contributed by atoms with Crippen LogP contribution in [0.2, 0.25) is 0 Å². The zero-order valence-corrected chi connectivity index (χ0v) is 34.3. The predicted molar refractivity (Wildman–Crippen MR) is 270 cm³/mol. The first kappa shape index (κ1) is 32.5. The number of hydrogen-bond donors (Lipinski definition) is 0. The zero-order chi connectivity index (χ0) is 45.2. The van der Waals surface area contributed by atoms with Gasteiger partial charge in [0.25, 0.3) is 0 Å². The van der Waals surface area contributed by atoms with E-state index in [1.807, 2.05) is 77.7 Å². The van der Waals surface area contributed by atoms with Gasteiger partial charge in [0.15, 0.2) is 0 Å². The molecule has 0 radical (unpaired) electrons. The molecule has 0 aliphatic rings. The second-order valence-electron chi connectivity index (χ2n) is 16.1. The third-order valence-electron chi connectivity index (χ3n) is 12.5. The van der Waals surface area contributed by atoms with Crippen LogP contribution in [0.15, 0.2) is 249 Å². The summed E-state index contributed by atoms with van der Waals surface area (Å²) in [5, 5.41) is 11.2. The Hall–Kier alpha value is -8.26. The summed E-state index contributed by atoms with van der Waals surface area (Å²) in [6, 6.07) is 76.8. The van der Waals surface area contributed by atoms with Crippen LogP contribution in [-0.2, 0) is 0 Å². The van der Waals surface area contributed by atoms with Gasteiger partial charge >= 0.3 is 0 Å². The predicted octanol–water partition coefficient (Wildman–Crippen LogP) is 17.6. The van der Waals surface area contributed by atoms with Crippen molar-refractivity contribution in [2.24, 2.45) is 0 Å². The molecule has 0 atom stereocenters. The third-order valence-corrected chi connectivity index (χ3v) is 12.5. The maximum atomic E-state index is 9.81. The van der Waals surface area contributed by atoms with Crippen molar-refractivity contribution >= 4 is 70.9 Å². The highest BCUT2D eigenvalue weighted by Crippen LogP contribution is 2.48. The summed E-state index contributed by atoms with van der Waals surface area (Å²) in [6.07, 6.45) is 0. The molecule has 0 aromatic heterocycles. The van der Waals surface area contributed by atoms with Crippen LogP contribution in [0.5, 0.6) is 0 Å². The Morgan fingerprint density at radius 1 is 0.254 bits per heavy atom. The number of fused-ring (bicyclic) bond motifs is 7. The number of benzene rings is 12. The van der Waals surface area contributed by atoms with Crippen LogP contribution in [0.25, 0.3) is 98.4 Å². The number of nitrogens with zero attached hydrogens (tertiary/aromatic N) is 1. The lowest BCUT2D eigenvalue weighted by Crippen LogP contribution is -2.10. The Morgan fingerprint density at radius 2 is 0.778 bits per heavy atom. The summed E-state index contributed by atoms with van der Waals surface area (Å²) in [7, 11) is 0. The van der Waals surface area contributed by atoms with Gasteiger partial charge in [-0.25, -0.2) is 0 Å². The molecule has 0 N–H and O–H groups in total. The smallest absolute Gasteiger partial charge is 0.0645 e. The van der Waals surface area contributed by atoms with Crippen molar-refractivity contribution in [3.63, 3.8) is 0 Å². The Morgan fingerprint density at radius 3 is 1.52 bits per heavy atom. The van der Waals surface area contributed by atoms with E-state index in [4.69, 9.17) is 0 Å². The van der Waals surface area contributed by atoms with Crippen LogP contribution in [0.1, 0.15) is 5.48 Å². The largest absolute Gasteiger partial charge is 0.310 e. The van der Waals surface area contributed by atoms with Gasteiger partial charge < -0.3 is 4.90 Å². The molecule has 0 saturated heterocycles. The first-order chi connectivity index (χ1) is 32.9. The van der Waals surface area contributed by atoms with Gasteiger partial charge in [-0.3, -0.25) is 0 Å². The van der Waals surface area contributed by atoms with Crippen molar-refractivity contribution < 1.29 is 5.48 Å². The second-order valence-corrected chi connectivity index (χ2v) is 16.1. The van der Waals surface area contributed by atoms with E-state index in [9.17, 15) is 5.48 Å². The fourth-order valence-corrected chi connectivity index (χ4v) is 9.54. The van der Waals surface area contributed by atoms with E-state index in [1.54, 1.807) is 0 Å². The summed E-state index contributed by atoms with van der Waals surface area (Å²) in [5.74, 6) is 0. The summed E-state index contributed by atoms with van der Waals surface area (Å²) in [6.45, 7) is 0. The van der Waals surface area contributed by atoms with E-state index in [0.29, 0.717) is 16.9 Å². The van der Waals surface area contributed by atoms with Crippen molar-refractivity contribution in [2.75, 3.05) is 4.90 Å². The third kappa shape index (κ3) is 6.42. The van der Waals surface area contributed by atoms with Gasteiger partial charge in [-0.1, -0.05) is 206 Å². The first-order valence-corrected chi connectivity index (χ1v) is 21.4. The summed E-state index contributed by atoms with van der Waals surface area (Å²) >= 11 is 0. The minimum atomic E-state index is -0.125. The Bertz CT molecular complexity index is 3880. The molecule has 1 heteroatoms. The van der Waals surface area contributed by atoms with Gasteiger partial charge in [-0.05, 0) is 141 Å². The molecule has 12 aromatic rings. The van der Waals surface area contributed by atoms with E-state index in [1.165, 1.54) is 5.39 Å². The van der Waals surface area contributed by atoms with Crippen LogP contribution >= 0.6 is 0 Å². The van der Waals surface area contributed by atoms with Crippen LogP contribution in [0.3, 0.4) is 0 Å². The van der Waals surface area contributed by atoms with Crippen LogP contribution < -0.4 is 4.90 Å². The van der Waals surface area contributed by atoms with Crippen LogP contribution in [0, 0.1) is 0 Å². The molecule has 0 unspecified atom stereocenters. The van der Waals surface area contributed by atoms with Gasteiger partial charge in [-0.15, -0.1) is 0 Å². The van der Waals surface area contributed by atoms with Crippen molar-refractivity contribution in [1.29, 1.82) is 0 Å². The number of anilines is 3. The van der Waals surface area contributed by atoms with Gasteiger partial charge in [-0.2, -0.15) is 0 Å². The van der Waals surface area contributed by atoms with E-state index in [-0.39, 0.29) is 35.4 Å². The van der Waals surface area contributed by atoms with Crippen LogP contribution in [0.4, 0.5) is 17.1 Å². The standard InChI is InChI=1S/C62H41N/c1-2-14-42(15-3-1)43-30-35-50(36-31-43)63(51-37-32-44(33-38-51)47-34-39-55-48(40-47)29-28-46-17-5-6-21-53(46)55)52-20-12-19-49(41-52)61-59-25-10-8-23-56(59)57-24-9-11-26-60(57)62(61)58-27-13-18-45-16-4-7-22-54(45)58/h1-41H/i32D,33D,37D,38D. The van der Waals surface area contributed by atoms with Crippen LogP contribution in [-0.4, -0.2) is 0 Å². The topological polar surface area (TPSA) is 3.24 Å². The number of hydrogen-bond acceptors (Lipinski definition) is 1. The van der Waals surface area contributed by atoms with E-state index >= 15 is 0 Å². The Kier molecular flexibility index (Phi) is 7.91. The molecule has 0 bridgehead atoms. The second kappa shape index (κ2) is 15.3. The van der Waals surface area contributed by atoms with E-state index in [2.05, 4.69) is 152 Å². The highest BCUT2D eigenvalue weighted by Gasteiger charge is 2.21. The lowest BCUT2D eigenvalue weighted by Gasteiger charge is -2.27. The highest BCUT2D eigenvalue weighted by molar-refractivity contribution is 6.23. The molecule has 0 aliphatic carbocycles. The molecule has 63 heavy (non-hydrogen) atoms. The van der Waals surface area contributed by atoms with E-state index in [0.717, 1.165) is 81.9 Å². The molecule has 1 nitrogen and oxygen atoms in total. The maximum Gasteiger partial charge on any atom is 0.0645 e. The lowest BCUT2D eigenvalue weighted by atomic mass is 9.83. The average molecular weight is 804 g/mol. The molecule has 0 spiro atoms. The minimum Gasteiger partial charge on any atom is -0.310 e. The molecule has 0 amide bonds. The quantitative estimate of drug-likeness (QED) is 0.145. The summed E-state index contributed by atoms with van der Waals surface area (Å²) < 4.78 is 38.9. The first-order valence-electron chi connectivity index (χ1n) is 23.4. The van der Waals surface area contributed by atoms with Crippen molar-refractivity contribution in [1.82, 2.24) is 0 Å². The van der Waals surface area contributed by atoms with Gasteiger partial charge in [0, 0.05) is 17.1 Å². The fraction of sp³-hybridized carbons (Fsp3) is 0. The molecule has 0 saturated carbocycles. The summed E-state index contributed by atoms with van der Waals surface area (Å²) in [5.41, 5.74) is 8.88. The zero-order valence-electron chi connectivity index (χ0n) is 38.3. The van der Waals surface area contributed by atoms with Crippen molar-refractivity contribution in [2.45, 2.75) is 0 Å². The molecule has 0 aliphatic heterocycles. The SMILES string of the molecule is [2H]c1c([2H])c(N(c2ccc(-c3ccccc3)cc2)c2cccc(-c3c(-c4cccc5ccccc45)c4ccccc4c4ccccc34)c2)c([2H])c([2H])c1-c1ccc2c(ccc3ccccc32)c1. The Balaban J connectivity index is 1.09. The number of rotatable bonds is 7. The molecule has 294 valence electrons. The average Bonchev–Trinajstić information content (AvgIpc) is 3.39. The van der Waals surface area contributed by atoms with Gasteiger partial charge in [0.05, 0.1) is 5.48 Å². The van der Waals surface area contributed by atoms with Crippen molar-refractivity contribution in [3.05, 3.63) is 249 Å². The van der Waals surface area contributed by atoms with Gasteiger partial charge in [0.2, 0.25) is 0 Å². The van der Waals surface area contributed by atoms with E-state index < -0.39 is 0 Å². The molecule has 0 fully saturated rings. The lowest BCUT2D eigenvalue weighted by molar-refractivity contribution is 1.28. The molecule has 0 heterocycles. The fourth-order valence-electron chi connectivity index (χ4n) is 9.54. The molecular weight excluding hydrogens is 759 g/mol. The minimum absolute atomic E-state index is 0.100. The summed E-state index contributed by atoms with van der Waals surface area (Å²) in [4.78, 5) is 1.90. The maximum absolute atomic E-state index is 9.81. The Labute approximate surface area is 373 Å². The normalized spacial score (nSPS) is 12.4. The molecule has 12 aromatic carbocycles. The van der Waals surface area contributed by atoms with Crippen molar-refractivity contribution in [3.8, 4) is 44.5 Å². The molecular formula is C62H41N. The van der Waals surface area contributed by atoms with Gasteiger partial charge in [0.1, 0.15) is 0 Å². The molecule has 12 rings (SSSR count). The monoisotopic (exact) mass is 803 g/mol.